The molecule has 1 radical (unpaired) electrons. The Balaban J connectivity index is 0.000000181. The van der Waals surface area contributed by atoms with Crippen LogP contribution in [-0.4, -0.2) is 18.0 Å². The number of hydrogen-bond donors (Lipinski definition) is 0. The first-order valence-corrected chi connectivity index (χ1v) is 20.0. The van der Waals surface area contributed by atoms with Crippen LogP contribution in [0.3, 0.4) is 0 Å². The Labute approximate surface area is 295 Å². The molecule has 47 heavy (non-hydrogen) atoms. The summed E-state index contributed by atoms with van der Waals surface area (Å²) in [4.78, 5) is 9.52. The predicted molar refractivity (Wildman–Crippen MR) is 197 cm³/mol. The molecule has 0 spiro atoms. The van der Waals surface area contributed by atoms with Gasteiger partial charge in [-0.3, -0.25) is 0 Å². The summed E-state index contributed by atoms with van der Waals surface area (Å²) in [5.74, 6) is 0.880. The summed E-state index contributed by atoms with van der Waals surface area (Å²) in [7, 11) is -1.35. The molecule has 239 valence electrons. The number of benzene rings is 4. The first kappa shape index (κ1) is 34.4. The Kier molecular flexibility index (Phi) is 11.9. The second-order valence-electron chi connectivity index (χ2n) is 13.2. The number of pyridine rings is 2. The fourth-order valence-corrected chi connectivity index (χ4v) is 8.00. The maximum Gasteiger partial charge on any atom is 0.0798 e. The van der Waals surface area contributed by atoms with E-state index in [9.17, 15) is 0 Å². The summed E-state index contributed by atoms with van der Waals surface area (Å²) in [6.45, 7) is 7.28. The SMILES string of the molecule is C[Si](C)(C)c1cnc(-c2[c-]cccc2)cc1CC1CCCC1.[Ir].[c-]1ccccc1-c1ncc(-c2ccccc2)cc1-c1ccccc1. The molecule has 0 amide bonds. The zero-order valence-electron chi connectivity index (χ0n) is 27.5. The van der Waals surface area contributed by atoms with Crippen LogP contribution in [0.2, 0.25) is 19.6 Å². The largest absolute Gasteiger partial charge is 0.305 e. The van der Waals surface area contributed by atoms with Crippen molar-refractivity contribution in [3.8, 4) is 44.8 Å². The van der Waals surface area contributed by atoms with Crippen LogP contribution in [0, 0.1) is 18.1 Å². The Bertz CT molecular complexity index is 1830. The van der Waals surface area contributed by atoms with E-state index in [1.165, 1.54) is 37.7 Å². The molecule has 4 aromatic carbocycles. The Hall–Kier alpha value is -3.95. The van der Waals surface area contributed by atoms with Crippen molar-refractivity contribution in [2.24, 2.45) is 5.92 Å². The fourth-order valence-electron chi connectivity index (χ4n) is 6.41. The van der Waals surface area contributed by atoms with Gasteiger partial charge in [-0.25, -0.2) is 0 Å². The molecule has 0 aliphatic heterocycles. The number of nitrogens with zero attached hydrogens (tertiary/aromatic N) is 2. The summed E-state index contributed by atoms with van der Waals surface area (Å²) in [6.07, 6.45) is 11.0. The van der Waals surface area contributed by atoms with Crippen LogP contribution in [0.1, 0.15) is 31.2 Å². The first-order chi connectivity index (χ1) is 22.5. The third kappa shape index (κ3) is 8.90. The number of aromatic nitrogens is 2. The van der Waals surface area contributed by atoms with Gasteiger partial charge in [-0.2, -0.15) is 0 Å². The second-order valence-corrected chi connectivity index (χ2v) is 18.3. The van der Waals surface area contributed by atoms with Gasteiger partial charge in [0.05, 0.1) is 8.07 Å². The monoisotopic (exact) mass is 807 g/mol. The minimum atomic E-state index is -1.35. The minimum Gasteiger partial charge on any atom is -0.305 e. The molecule has 6 aromatic rings. The molecule has 2 aromatic heterocycles. The molecule has 0 N–H and O–H groups in total. The van der Waals surface area contributed by atoms with Gasteiger partial charge in [-0.05, 0) is 51.2 Å². The maximum atomic E-state index is 4.77. The smallest absolute Gasteiger partial charge is 0.0798 e. The van der Waals surface area contributed by atoms with Crippen molar-refractivity contribution in [2.75, 3.05) is 0 Å². The molecule has 0 unspecified atom stereocenters. The van der Waals surface area contributed by atoms with Crippen molar-refractivity contribution in [2.45, 2.75) is 51.7 Å². The van der Waals surface area contributed by atoms with E-state index in [2.05, 4.69) is 117 Å². The number of hydrogen-bond acceptors (Lipinski definition) is 2. The summed E-state index contributed by atoms with van der Waals surface area (Å²) in [5.41, 5.74) is 10.3. The van der Waals surface area contributed by atoms with Crippen molar-refractivity contribution in [1.29, 1.82) is 0 Å². The van der Waals surface area contributed by atoms with Crippen molar-refractivity contribution in [3.05, 3.63) is 151 Å². The third-order valence-corrected chi connectivity index (χ3v) is 10.9. The van der Waals surface area contributed by atoms with Gasteiger partial charge in [-0.1, -0.05) is 124 Å². The molecule has 1 aliphatic rings. The summed E-state index contributed by atoms with van der Waals surface area (Å²) < 4.78 is 0. The Morgan fingerprint density at radius 3 is 1.83 bits per heavy atom. The van der Waals surface area contributed by atoms with Crippen molar-refractivity contribution in [1.82, 2.24) is 9.97 Å². The third-order valence-electron chi connectivity index (χ3n) is 8.81. The molecule has 0 saturated heterocycles. The summed E-state index contributed by atoms with van der Waals surface area (Å²) >= 11 is 0. The van der Waals surface area contributed by atoms with Gasteiger partial charge in [0, 0.05) is 32.5 Å². The normalized spacial score (nSPS) is 12.9. The summed E-state index contributed by atoms with van der Waals surface area (Å²) in [6, 6.07) is 48.1. The second kappa shape index (κ2) is 16.2. The van der Waals surface area contributed by atoms with Gasteiger partial charge >= 0.3 is 0 Å². The number of rotatable bonds is 7. The molecule has 1 aliphatic carbocycles. The van der Waals surface area contributed by atoms with Gasteiger partial charge in [-0.15, -0.1) is 71.8 Å². The zero-order valence-corrected chi connectivity index (χ0v) is 30.9. The molecule has 2 nitrogen and oxygen atoms in total. The molecule has 1 saturated carbocycles. The van der Waals surface area contributed by atoms with Gasteiger partial charge in [0.2, 0.25) is 0 Å². The van der Waals surface area contributed by atoms with Crippen molar-refractivity contribution < 1.29 is 20.1 Å². The maximum absolute atomic E-state index is 4.77. The van der Waals surface area contributed by atoms with E-state index in [1.807, 2.05) is 48.7 Å². The molecular formula is C43H42IrN2Si-2. The minimum absolute atomic E-state index is 0. The zero-order chi connectivity index (χ0) is 31.8. The molecular weight excluding hydrogens is 765 g/mol. The molecule has 1 fully saturated rings. The molecule has 4 heteroatoms. The van der Waals surface area contributed by atoms with Crippen LogP contribution in [-0.2, 0) is 26.5 Å². The average molecular weight is 807 g/mol. The van der Waals surface area contributed by atoms with E-state index < -0.39 is 8.07 Å². The van der Waals surface area contributed by atoms with E-state index >= 15 is 0 Å². The fraction of sp³-hybridized carbons (Fsp3) is 0.209. The van der Waals surface area contributed by atoms with E-state index in [0.29, 0.717) is 0 Å². The average Bonchev–Trinajstić information content (AvgIpc) is 3.62. The topological polar surface area (TPSA) is 25.8 Å². The van der Waals surface area contributed by atoms with E-state index in [4.69, 9.17) is 9.97 Å². The van der Waals surface area contributed by atoms with E-state index in [1.54, 1.807) is 10.8 Å². The van der Waals surface area contributed by atoms with Crippen LogP contribution < -0.4 is 5.19 Å². The van der Waals surface area contributed by atoms with Crippen molar-refractivity contribution in [3.63, 3.8) is 0 Å². The quantitative estimate of drug-likeness (QED) is 0.119. The van der Waals surface area contributed by atoms with E-state index in [0.717, 1.165) is 45.1 Å². The first-order valence-electron chi connectivity index (χ1n) is 16.5. The van der Waals surface area contributed by atoms with Crippen LogP contribution in [0.15, 0.2) is 134 Å². The van der Waals surface area contributed by atoms with Crippen molar-refractivity contribution >= 4 is 13.3 Å². The summed E-state index contributed by atoms with van der Waals surface area (Å²) in [5, 5.41) is 1.54. The van der Waals surface area contributed by atoms with Gasteiger partial charge in [0.25, 0.3) is 0 Å². The molecule has 7 rings (SSSR count). The molecule has 0 bridgehead atoms. The Morgan fingerprint density at radius 1 is 0.638 bits per heavy atom. The van der Waals surface area contributed by atoms with E-state index in [-0.39, 0.29) is 20.1 Å². The van der Waals surface area contributed by atoms with Gasteiger partial charge < -0.3 is 9.97 Å². The van der Waals surface area contributed by atoms with Crippen LogP contribution in [0.25, 0.3) is 44.8 Å². The molecule has 0 atom stereocenters. The standard InChI is InChI=1S/C23H16N.C20H26NSi.Ir/c1-4-10-18(11-5-1)21-16-22(19-12-6-2-7-13-19)23(24-17-21)20-14-8-3-9-15-20;1-22(2,3)20-15-21-19(17-11-5-4-6-12-17)14-18(20)13-16-9-7-8-10-16;/h1-14,16-17H;4-6,11,14-16H,7-10,13H2,1-3H3;/q2*-1;. The van der Waals surface area contributed by atoms with Crippen LogP contribution in [0.4, 0.5) is 0 Å². The van der Waals surface area contributed by atoms with Crippen LogP contribution in [0.5, 0.6) is 0 Å². The van der Waals surface area contributed by atoms with Crippen LogP contribution >= 0.6 is 0 Å². The Morgan fingerprint density at radius 2 is 1.23 bits per heavy atom. The predicted octanol–water partition coefficient (Wildman–Crippen LogP) is 10.7. The van der Waals surface area contributed by atoms with Gasteiger partial charge in [0.1, 0.15) is 0 Å². The van der Waals surface area contributed by atoms with Gasteiger partial charge in [0.15, 0.2) is 0 Å². The molecule has 2 heterocycles.